The van der Waals surface area contributed by atoms with Crippen LogP contribution in [-0.4, -0.2) is 0 Å². The Morgan fingerprint density at radius 1 is 1.56 bits per heavy atom. The van der Waals surface area contributed by atoms with E-state index in [1.165, 1.54) is 29.7 Å². The van der Waals surface area contributed by atoms with Gasteiger partial charge in [-0.3, -0.25) is 0 Å². The molecule has 2 nitrogen and oxygen atoms in total. The molecule has 3 rings (SSSR count). The van der Waals surface area contributed by atoms with Crippen LogP contribution >= 0.6 is 22.9 Å². The summed E-state index contributed by atoms with van der Waals surface area (Å²) >= 11 is 7.84. The SMILES string of the molecule is C[C@H](NC1CCCc2sc(Cl)cc21)c1ccco1. The van der Waals surface area contributed by atoms with Crippen LogP contribution in [0.2, 0.25) is 4.34 Å². The first kappa shape index (κ1) is 12.3. The molecule has 0 aromatic carbocycles. The van der Waals surface area contributed by atoms with E-state index >= 15 is 0 Å². The lowest BCUT2D eigenvalue weighted by molar-refractivity contribution is 0.369. The molecule has 2 atom stereocenters. The summed E-state index contributed by atoms with van der Waals surface area (Å²) in [5.74, 6) is 0.989. The number of halogens is 1. The van der Waals surface area contributed by atoms with Crippen molar-refractivity contribution in [3.8, 4) is 0 Å². The first-order valence-electron chi connectivity index (χ1n) is 6.31. The minimum Gasteiger partial charge on any atom is -0.468 e. The molecule has 1 unspecified atom stereocenters. The predicted octanol–water partition coefficient (Wildman–Crippen LogP) is 4.72. The highest BCUT2D eigenvalue weighted by Crippen LogP contribution is 2.38. The third-order valence-corrected chi connectivity index (χ3v) is 4.84. The van der Waals surface area contributed by atoms with Gasteiger partial charge in [0.1, 0.15) is 5.76 Å². The van der Waals surface area contributed by atoms with E-state index in [0.717, 1.165) is 10.1 Å². The zero-order chi connectivity index (χ0) is 12.5. The maximum Gasteiger partial charge on any atom is 0.120 e. The molecule has 18 heavy (non-hydrogen) atoms. The van der Waals surface area contributed by atoms with Crippen LogP contribution in [0.25, 0.3) is 0 Å². The molecule has 96 valence electrons. The van der Waals surface area contributed by atoms with Gasteiger partial charge in [-0.05, 0) is 49.9 Å². The Hall–Kier alpha value is -0.770. The van der Waals surface area contributed by atoms with Crippen molar-refractivity contribution in [3.63, 3.8) is 0 Å². The number of thiophene rings is 1. The van der Waals surface area contributed by atoms with Crippen LogP contribution < -0.4 is 5.32 Å². The van der Waals surface area contributed by atoms with Crippen molar-refractivity contribution in [2.45, 2.75) is 38.3 Å². The highest BCUT2D eigenvalue weighted by atomic mass is 35.5. The van der Waals surface area contributed by atoms with Gasteiger partial charge < -0.3 is 9.73 Å². The standard InChI is InChI=1S/C14H16ClNOS/c1-9(12-5-3-7-17-12)16-11-4-2-6-13-10(11)8-14(15)18-13/h3,5,7-9,11,16H,2,4,6H2,1H3/t9-,11?/m0/s1. The minimum atomic E-state index is 0.231. The maximum atomic E-state index is 6.12. The van der Waals surface area contributed by atoms with Gasteiger partial charge in [0, 0.05) is 10.9 Å². The average Bonchev–Trinajstić information content (AvgIpc) is 2.96. The van der Waals surface area contributed by atoms with Crippen LogP contribution in [-0.2, 0) is 6.42 Å². The van der Waals surface area contributed by atoms with Crippen molar-refractivity contribution < 1.29 is 4.42 Å². The fourth-order valence-electron chi connectivity index (χ4n) is 2.62. The van der Waals surface area contributed by atoms with Gasteiger partial charge in [-0.1, -0.05) is 11.6 Å². The Labute approximate surface area is 116 Å². The van der Waals surface area contributed by atoms with E-state index in [4.69, 9.17) is 16.0 Å². The van der Waals surface area contributed by atoms with Crippen LogP contribution in [0.15, 0.2) is 28.9 Å². The topological polar surface area (TPSA) is 25.2 Å². The second-order valence-corrected chi connectivity index (χ2v) is 6.55. The summed E-state index contributed by atoms with van der Waals surface area (Å²) in [4.78, 5) is 1.44. The summed E-state index contributed by atoms with van der Waals surface area (Å²) < 4.78 is 6.35. The Kier molecular flexibility index (Phi) is 3.46. The van der Waals surface area contributed by atoms with E-state index in [2.05, 4.69) is 18.3 Å². The third-order valence-electron chi connectivity index (χ3n) is 3.50. The van der Waals surface area contributed by atoms with E-state index in [0.29, 0.717) is 6.04 Å². The molecule has 0 spiro atoms. The minimum absolute atomic E-state index is 0.231. The molecule has 1 N–H and O–H groups in total. The van der Waals surface area contributed by atoms with Gasteiger partial charge in [0.25, 0.3) is 0 Å². The molecule has 0 radical (unpaired) electrons. The quantitative estimate of drug-likeness (QED) is 0.880. The molecule has 1 aliphatic carbocycles. The van der Waals surface area contributed by atoms with Crippen molar-refractivity contribution in [1.29, 1.82) is 0 Å². The molecule has 2 aromatic heterocycles. The molecule has 2 aromatic rings. The number of hydrogen-bond donors (Lipinski definition) is 1. The van der Waals surface area contributed by atoms with E-state index < -0.39 is 0 Å². The number of nitrogens with one attached hydrogen (secondary N) is 1. The third kappa shape index (κ3) is 2.35. The summed E-state index contributed by atoms with van der Waals surface area (Å²) in [7, 11) is 0. The molecule has 0 saturated heterocycles. The summed E-state index contributed by atoms with van der Waals surface area (Å²) in [5.41, 5.74) is 1.38. The van der Waals surface area contributed by atoms with Crippen molar-refractivity contribution in [1.82, 2.24) is 5.32 Å². The van der Waals surface area contributed by atoms with Crippen LogP contribution in [0.3, 0.4) is 0 Å². The van der Waals surface area contributed by atoms with Gasteiger partial charge in [-0.15, -0.1) is 11.3 Å². The number of fused-ring (bicyclic) bond motifs is 1. The highest BCUT2D eigenvalue weighted by Gasteiger charge is 2.24. The molecule has 0 fully saturated rings. The molecular weight excluding hydrogens is 266 g/mol. The summed E-state index contributed by atoms with van der Waals surface area (Å²) in [5, 5.41) is 3.65. The monoisotopic (exact) mass is 281 g/mol. The second kappa shape index (κ2) is 5.08. The first-order valence-corrected chi connectivity index (χ1v) is 7.51. The van der Waals surface area contributed by atoms with Gasteiger partial charge in [-0.2, -0.15) is 0 Å². The molecule has 0 bridgehead atoms. The second-order valence-electron chi connectivity index (χ2n) is 4.78. The molecule has 2 heterocycles. The van der Waals surface area contributed by atoms with Gasteiger partial charge >= 0.3 is 0 Å². The van der Waals surface area contributed by atoms with Crippen LogP contribution in [0.4, 0.5) is 0 Å². The highest BCUT2D eigenvalue weighted by molar-refractivity contribution is 7.16. The molecule has 0 aliphatic heterocycles. The normalized spacial score (nSPS) is 20.7. The lowest BCUT2D eigenvalue weighted by Crippen LogP contribution is -2.26. The van der Waals surface area contributed by atoms with E-state index in [-0.39, 0.29) is 6.04 Å². The Bertz CT molecular complexity index is 520. The van der Waals surface area contributed by atoms with Crippen LogP contribution in [0.1, 0.15) is 48.0 Å². The number of rotatable bonds is 3. The lowest BCUT2D eigenvalue weighted by Gasteiger charge is -2.26. The Balaban J connectivity index is 1.78. The fourth-order valence-corrected chi connectivity index (χ4v) is 4.00. The van der Waals surface area contributed by atoms with Crippen molar-refractivity contribution in [2.75, 3.05) is 0 Å². The van der Waals surface area contributed by atoms with Gasteiger partial charge in [0.2, 0.25) is 0 Å². The van der Waals surface area contributed by atoms with Crippen molar-refractivity contribution in [3.05, 3.63) is 45.0 Å². The lowest BCUT2D eigenvalue weighted by atomic mass is 9.93. The predicted molar refractivity (Wildman–Crippen MR) is 75.3 cm³/mol. The van der Waals surface area contributed by atoms with Crippen LogP contribution in [0.5, 0.6) is 0 Å². The zero-order valence-electron chi connectivity index (χ0n) is 10.3. The summed E-state index contributed by atoms with van der Waals surface area (Å²) in [6.45, 7) is 2.14. The van der Waals surface area contributed by atoms with Gasteiger partial charge in [0.05, 0.1) is 16.6 Å². The summed E-state index contributed by atoms with van der Waals surface area (Å²) in [6.07, 6.45) is 5.29. The molecular formula is C14H16ClNOS. The van der Waals surface area contributed by atoms with Crippen LogP contribution in [0, 0.1) is 0 Å². The number of aryl methyl sites for hydroxylation is 1. The largest absolute Gasteiger partial charge is 0.468 e. The first-order chi connectivity index (χ1) is 8.74. The van der Waals surface area contributed by atoms with Crippen molar-refractivity contribution in [2.24, 2.45) is 0 Å². The molecule has 1 aliphatic rings. The van der Waals surface area contributed by atoms with Crippen molar-refractivity contribution >= 4 is 22.9 Å². The van der Waals surface area contributed by atoms with E-state index in [1.807, 2.05) is 12.1 Å². The maximum absolute atomic E-state index is 6.12. The molecule has 0 saturated carbocycles. The molecule has 4 heteroatoms. The summed E-state index contributed by atoms with van der Waals surface area (Å²) in [6, 6.07) is 6.70. The Morgan fingerprint density at radius 3 is 3.22 bits per heavy atom. The van der Waals surface area contributed by atoms with E-state index in [9.17, 15) is 0 Å². The van der Waals surface area contributed by atoms with E-state index in [1.54, 1.807) is 17.6 Å². The number of furan rings is 1. The van der Waals surface area contributed by atoms with Gasteiger partial charge in [-0.25, -0.2) is 0 Å². The smallest absolute Gasteiger partial charge is 0.120 e. The zero-order valence-corrected chi connectivity index (χ0v) is 11.9. The Morgan fingerprint density at radius 2 is 2.44 bits per heavy atom. The number of hydrogen-bond acceptors (Lipinski definition) is 3. The van der Waals surface area contributed by atoms with Gasteiger partial charge in [0.15, 0.2) is 0 Å². The molecule has 0 amide bonds. The average molecular weight is 282 g/mol. The fraction of sp³-hybridized carbons (Fsp3) is 0.429.